The molecule has 26 heavy (non-hydrogen) atoms. The maximum atomic E-state index is 12.3. The summed E-state index contributed by atoms with van der Waals surface area (Å²) in [6, 6.07) is 6.04. The summed E-state index contributed by atoms with van der Waals surface area (Å²) in [4.78, 5) is 14.4. The first-order valence-electron chi connectivity index (χ1n) is 9.13. The molecule has 1 heterocycles. The van der Waals surface area contributed by atoms with Crippen LogP contribution in [0.3, 0.4) is 0 Å². The van der Waals surface area contributed by atoms with Gasteiger partial charge in [-0.25, -0.2) is 0 Å². The molecule has 0 fully saturated rings. The molecule has 1 aromatic carbocycles. The minimum Gasteiger partial charge on any atom is -0.496 e. The molecule has 142 valence electrons. The molecule has 0 unspecified atom stereocenters. The van der Waals surface area contributed by atoms with Gasteiger partial charge in [0.2, 0.25) is 0 Å². The van der Waals surface area contributed by atoms with Gasteiger partial charge in [-0.2, -0.15) is 0 Å². The molecule has 2 aromatic rings. The number of methoxy groups -OCH3 is 1. The number of carbonyl (C=O) groups is 1. The van der Waals surface area contributed by atoms with Crippen LogP contribution >= 0.6 is 0 Å². The van der Waals surface area contributed by atoms with Gasteiger partial charge in [0.05, 0.1) is 12.7 Å². The molecule has 5 nitrogen and oxygen atoms in total. The second kappa shape index (κ2) is 8.41. The highest BCUT2D eigenvalue weighted by molar-refractivity contribution is 6.02. The van der Waals surface area contributed by atoms with Gasteiger partial charge in [0.1, 0.15) is 5.75 Å². The van der Waals surface area contributed by atoms with Crippen LogP contribution in [0.5, 0.6) is 5.75 Å². The fraction of sp³-hybridized carbons (Fsp3) is 0.476. The first-order valence-corrected chi connectivity index (χ1v) is 9.13. The van der Waals surface area contributed by atoms with Gasteiger partial charge >= 0.3 is 0 Å². The van der Waals surface area contributed by atoms with E-state index in [0.717, 1.165) is 54.1 Å². The Morgan fingerprint density at radius 2 is 1.96 bits per heavy atom. The lowest BCUT2D eigenvalue weighted by Crippen LogP contribution is -2.17. The Labute approximate surface area is 156 Å². The zero-order chi connectivity index (χ0) is 19.4. The number of amides is 1. The number of aryl methyl sites for hydroxylation is 1. The number of carbonyl (C=O) groups excluding carboxylic acids is 1. The predicted octanol–water partition coefficient (Wildman–Crippen LogP) is 3.39. The van der Waals surface area contributed by atoms with E-state index in [9.17, 15) is 4.79 Å². The highest BCUT2D eigenvalue weighted by atomic mass is 16.5. The molecule has 2 rings (SSSR count). The number of hydrogen-bond acceptors (Lipinski definition) is 3. The number of ether oxygens (including phenoxy) is 1. The number of primary amides is 1. The van der Waals surface area contributed by atoms with Crippen LogP contribution in [0.15, 0.2) is 18.2 Å². The molecule has 0 spiro atoms. The summed E-state index contributed by atoms with van der Waals surface area (Å²) in [5, 5.41) is 0. The van der Waals surface area contributed by atoms with Crippen molar-refractivity contribution in [1.82, 2.24) is 9.47 Å². The zero-order valence-corrected chi connectivity index (χ0v) is 16.8. The molecule has 0 aliphatic heterocycles. The van der Waals surface area contributed by atoms with Gasteiger partial charge in [0.15, 0.2) is 0 Å². The van der Waals surface area contributed by atoms with Crippen LogP contribution in [0.4, 0.5) is 0 Å². The second-order valence-corrected chi connectivity index (χ2v) is 6.99. The fourth-order valence-corrected chi connectivity index (χ4v) is 3.66. The molecular formula is C21H31N3O2. The SMILES string of the molecule is CCc1c(-c2ccc(OC)c(C)c2)c(C(N)=O)c(C)n1CCCN(C)C. The third kappa shape index (κ3) is 3.93. The molecule has 0 atom stereocenters. The molecule has 5 heteroatoms. The van der Waals surface area contributed by atoms with Gasteiger partial charge in [-0.3, -0.25) is 4.79 Å². The monoisotopic (exact) mass is 357 g/mol. The number of nitrogens with two attached hydrogens (primary N) is 1. The summed E-state index contributed by atoms with van der Waals surface area (Å²) >= 11 is 0. The zero-order valence-electron chi connectivity index (χ0n) is 16.8. The van der Waals surface area contributed by atoms with Crippen LogP contribution in [-0.4, -0.2) is 43.1 Å². The van der Waals surface area contributed by atoms with Crippen LogP contribution in [0.25, 0.3) is 11.1 Å². The van der Waals surface area contributed by atoms with E-state index in [2.05, 4.69) is 36.6 Å². The van der Waals surface area contributed by atoms with Crippen molar-refractivity contribution in [2.45, 2.75) is 40.2 Å². The number of rotatable bonds is 8. The smallest absolute Gasteiger partial charge is 0.251 e. The quantitative estimate of drug-likeness (QED) is 0.788. The van der Waals surface area contributed by atoms with E-state index in [-0.39, 0.29) is 5.91 Å². The number of hydrogen-bond donors (Lipinski definition) is 1. The second-order valence-electron chi connectivity index (χ2n) is 6.99. The van der Waals surface area contributed by atoms with E-state index >= 15 is 0 Å². The average Bonchev–Trinajstić information content (AvgIpc) is 2.86. The highest BCUT2D eigenvalue weighted by Gasteiger charge is 2.24. The third-order valence-electron chi connectivity index (χ3n) is 4.88. The van der Waals surface area contributed by atoms with E-state index in [4.69, 9.17) is 10.5 Å². The average molecular weight is 357 g/mol. The van der Waals surface area contributed by atoms with Crippen molar-refractivity contribution in [3.63, 3.8) is 0 Å². The van der Waals surface area contributed by atoms with Gasteiger partial charge in [-0.05, 0) is 70.6 Å². The van der Waals surface area contributed by atoms with Gasteiger partial charge in [-0.15, -0.1) is 0 Å². The highest BCUT2D eigenvalue weighted by Crippen LogP contribution is 2.35. The Morgan fingerprint density at radius 3 is 2.46 bits per heavy atom. The van der Waals surface area contributed by atoms with Crippen LogP contribution < -0.4 is 10.5 Å². The van der Waals surface area contributed by atoms with E-state index < -0.39 is 0 Å². The normalized spacial score (nSPS) is 11.2. The van der Waals surface area contributed by atoms with Crippen molar-refractivity contribution in [3.05, 3.63) is 40.7 Å². The molecule has 0 radical (unpaired) electrons. The topological polar surface area (TPSA) is 60.5 Å². The summed E-state index contributed by atoms with van der Waals surface area (Å²) in [5.41, 5.74) is 11.6. The minimum absolute atomic E-state index is 0.368. The largest absolute Gasteiger partial charge is 0.496 e. The standard InChI is InChI=1S/C21H31N3O2/c1-7-17-20(16-9-10-18(26-6)14(2)13-16)19(21(22)25)15(3)24(17)12-8-11-23(4)5/h9-10,13H,7-8,11-12H2,1-6H3,(H2,22,25). The van der Waals surface area contributed by atoms with Gasteiger partial charge in [0, 0.05) is 23.5 Å². The lowest BCUT2D eigenvalue weighted by Gasteiger charge is -2.14. The maximum absolute atomic E-state index is 12.3. The van der Waals surface area contributed by atoms with Crippen LogP contribution in [0, 0.1) is 13.8 Å². The molecule has 0 saturated heterocycles. The number of nitrogens with zero attached hydrogens (tertiary/aromatic N) is 2. The molecule has 0 bridgehead atoms. The van der Waals surface area contributed by atoms with Crippen molar-refractivity contribution in [3.8, 4) is 16.9 Å². The Hall–Kier alpha value is -2.27. The van der Waals surface area contributed by atoms with Gasteiger partial charge in [-0.1, -0.05) is 13.0 Å². The third-order valence-corrected chi connectivity index (χ3v) is 4.88. The van der Waals surface area contributed by atoms with Crippen molar-refractivity contribution >= 4 is 5.91 Å². The molecule has 0 saturated carbocycles. The van der Waals surface area contributed by atoms with Crippen LogP contribution in [0.1, 0.15) is 40.7 Å². The maximum Gasteiger partial charge on any atom is 0.251 e. The van der Waals surface area contributed by atoms with Crippen LogP contribution in [-0.2, 0) is 13.0 Å². The van der Waals surface area contributed by atoms with Gasteiger partial charge in [0.25, 0.3) is 5.91 Å². The molecule has 0 aliphatic rings. The molecule has 2 N–H and O–H groups in total. The molecule has 1 amide bonds. The lowest BCUT2D eigenvalue weighted by atomic mass is 9.97. The van der Waals surface area contributed by atoms with E-state index in [1.807, 2.05) is 26.0 Å². The summed E-state index contributed by atoms with van der Waals surface area (Å²) < 4.78 is 7.64. The number of aromatic nitrogens is 1. The van der Waals surface area contributed by atoms with E-state index in [1.54, 1.807) is 7.11 Å². The Balaban J connectivity index is 2.60. The van der Waals surface area contributed by atoms with Crippen molar-refractivity contribution < 1.29 is 9.53 Å². The van der Waals surface area contributed by atoms with Crippen LogP contribution in [0.2, 0.25) is 0 Å². The molecule has 1 aromatic heterocycles. The number of benzene rings is 1. The summed E-state index contributed by atoms with van der Waals surface area (Å²) in [5.74, 6) is 0.474. The predicted molar refractivity (Wildman–Crippen MR) is 107 cm³/mol. The van der Waals surface area contributed by atoms with Gasteiger partial charge < -0.3 is 19.9 Å². The Kier molecular flexibility index (Phi) is 6.48. The first-order chi connectivity index (χ1) is 12.3. The summed E-state index contributed by atoms with van der Waals surface area (Å²) in [6.07, 6.45) is 1.87. The lowest BCUT2D eigenvalue weighted by molar-refractivity contribution is 0.1000. The fourth-order valence-electron chi connectivity index (χ4n) is 3.66. The summed E-state index contributed by atoms with van der Waals surface area (Å²) in [6.45, 7) is 8.02. The van der Waals surface area contributed by atoms with Crippen molar-refractivity contribution in [2.24, 2.45) is 5.73 Å². The molecular weight excluding hydrogens is 326 g/mol. The van der Waals surface area contributed by atoms with Crippen molar-refractivity contribution in [1.29, 1.82) is 0 Å². The Bertz CT molecular complexity index is 791. The molecule has 0 aliphatic carbocycles. The van der Waals surface area contributed by atoms with Crippen molar-refractivity contribution in [2.75, 3.05) is 27.7 Å². The first kappa shape index (κ1) is 20.0. The minimum atomic E-state index is -0.368. The summed E-state index contributed by atoms with van der Waals surface area (Å²) in [7, 11) is 5.81. The van der Waals surface area contributed by atoms with E-state index in [0.29, 0.717) is 5.56 Å². The Morgan fingerprint density at radius 1 is 1.27 bits per heavy atom. The van der Waals surface area contributed by atoms with E-state index in [1.165, 1.54) is 5.69 Å².